The molecular weight excluding hydrogens is 284 g/mol. The standard InChI is InChI=1S/C17H14O3S/c18-15(13-9-5-2-6-10-13)16(21)14(17(19)20)11-12-7-3-1-4-8-12/h1-10,14H,11H2,(H,19,20). The van der Waals surface area contributed by atoms with Crippen molar-refractivity contribution in [1.29, 1.82) is 0 Å². The molecule has 0 spiro atoms. The number of thiocarbonyl (C=S) groups is 1. The van der Waals surface area contributed by atoms with Gasteiger partial charge in [0.15, 0.2) is 0 Å². The fourth-order valence-electron chi connectivity index (χ4n) is 2.03. The maximum absolute atomic E-state index is 12.3. The number of hydrogen-bond acceptors (Lipinski definition) is 3. The Kier molecular flexibility index (Phi) is 4.95. The molecule has 1 unspecified atom stereocenters. The van der Waals surface area contributed by atoms with Crippen LogP contribution in [0.4, 0.5) is 0 Å². The summed E-state index contributed by atoms with van der Waals surface area (Å²) in [6.45, 7) is 0. The van der Waals surface area contributed by atoms with Gasteiger partial charge >= 0.3 is 5.97 Å². The number of ketones is 1. The van der Waals surface area contributed by atoms with Gasteiger partial charge in [0.2, 0.25) is 5.78 Å². The molecule has 106 valence electrons. The van der Waals surface area contributed by atoms with E-state index < -0.39 is 17.7 Å². The summed E-state index contributed by atoms with van der Waals surface area (Å²) in [6, 6.07) is 17.7. The Morgan fingerprint density at radius 3 is 2.00 bits per heavy atom. The molecule has 1 N–H and O–H groups in total. The van der Waals surface area contributed by atoms with Gasteiger partial charge in [0, 0.05) is 5.56 Å². The normalized spacial score (nSPS) is 11.6. The van der Waals surface area contributed by atoms with Gasteiger partial charge in [0.1, 0.15) is 0 Å². The number of carbonyl (C=O) groups excluding carboxylic acids is 1. The fourth-order valence-corrected chi connectivity index (χ4v) is 2.33. The zero-order chi connectivity index (χ0) is 15.2. The third-order valence-electron chi connectivity index (χ3n) is 3.16. The molecule has 0 aliphatic heterocycles. The molecule has 21 heavy (non-hydrogen) atoms. The molecule has 0 radical (unpaired) electrons. The summed E-state index contributed by atoms with van der Waals surface area (Å²) in [5.74, 6) is -2.46. The van der Waals surface area contributed by atoms with Crippen LogP contribution in [0.15, 0.2) is 60.7 Å². The highest BCUT2D eigenvalue weighted by Gasteiger charge is 2.28. The van der Waals surface area contributed by atoms with Gasteiger partial charge in [0.05, 0.1) is 10.8 Å². The molecule has 0 fully saturated rings. The maximum Gasteiger partial charge on any atom is 0.312 e. The van der Waals surface area contributed by atoms with E-state index in [9.17, 15) is 14.7 Å². The number of carbonyl (C=O) groups is 2. The first kappa shape index (κ1) is 15.1. The highest BCUT2D eigenvalue weighted by Crippen LogP contribution is 2.15. The number of carboxylic acids is 1. The molecule has 3 nitrogen and oxygen atoms in total. The molecule has 2 aromatic carbocycles. The lowest BCUT2D eigenvalue weighted by atomic mass is 9.92. The summed E-state index contributed by atoms with van der Waals surface area (Å²) in [5.41, 5.74) is 1.26. The maximum atomic E-state index is 12.3. The summed E-state index contributed by atoms with van der Waals surface area (Å²) < 4.78 is 0. The van der Waals surface area contributed by atoms with E-state index >= 15 is 0 Å². The first-order chi connectivity index (χ1) is 10.1. The van der Waals surface area contributed by atoms with Crippen LogP contribution in [0.2, 0.25) is 0 Å². The average molecular weight is 298 g/mol. The number of benzene rings is 2. The summed E-state index contributed by atoms with van der Waals surface area (Å²) in [6.07, 6.45) is 0.216. The summed E-state index contributed by atoms with van der Waals surface area (Å²) in [7, 11) is 0. The van der Waals surface area contributed by atoms with Crippen molar-refractivity contribution in [2.45, 2.75) is 6.42 Å². The fraction of sp³-hybridized carbons (Fsp3) is 0.118. The second-order valence-corrected chi connectivity index (χ2v) is 5.08. The van der Waals surface area contributed by atoms with E-state index in [1.165, 1.54) is 0 Å². The Morgan fingerprint density at radius 1 is 0.952 bits per heavy atom. The second-order valence-electron chi connectivity index (χ2n) is 4.64. The lowest BCUT2D eigenvalue weighted by molar-refractivity contribution is -0.139. The van der Waals surface area contributed by atoms with E-state index in [0.29, 0.717) is 5.56 Å². The van der Waals surface area contributed by atoms with Crippen LogP contribution in [0.5, 0.6) is 0 Å². The summed E-state index contributed by atoms with van der Waals surface area (Å²) >= 11 is 5.13. The summed E-state index contributed by atoms with van der Waals surface area (Å²) in [4.78, 5) is 23.7. The average Bonchev–Trinajstić information content (AvgIpc) is 2.53. The van der Waals surface area contributed by atoms with Crippen LogP contribution in [0.1, 0.15) is 15.9 Å². The number of Topliss-reactive ketones (excluding diaryl/α,β-unsaturated/α-hetero) is 1. The van der Waals surface area contributed by atoms with Crippen LogP contribution >= 0.6 is 12.2 Å². The van der Waals surface area contributed by atoms with Crippen molar-refractivity contribution in [2.75, 3.05) is 0 Å². The molecular formula is C17H14O3S. The van der Waals surface area contributed by atoms with Crippen molar-refractivity contribution < 1.29 is 14.7 Å². The predicted molar refractivity (Wildman–Crippen MR) is 84.6 cm³/mol. The van der Waals surface area contributed by atoms with Crippen LogP contribution < -0.4 is 0 Å². The third-order valence-corrected chi connectivity index (χ3v) is 3.63. The predicted octanol–water partition coefficient (Wildman–Crippen LogP) is 3.18. The van der Waals surface area contributed by atoms with Gasteiger partial charge in [-0.15, -0.1) is 0 Å². The van der Waals surface area contributed by atoms with E-state index in [-0.39, 0.29) is 11.3 Å². The lowest BCUT2D eigenvalue weighted by Crippen LogP contribution is -2.30. The molecule has 2 rings (SSSR count). The number of hydrogen-bond donors (Lipinski definition) is 1. The van der Waals surface area contributed by atoms with E-state index in [4.69, 9.17) is 12.2 Å². The molecule has 1 atom stereocenters. The molecule has 4 heteroatoms. The van der Waals surface area contributed by atoms with Crippen molar-refractivity contribution in [3.05, 3.63) is 71.8 Å². The van der Waals surface area contributed by atoms with Crippen molar-refractivity contribution in [3.63, 3.8) is 0 Å². The molecule has 0 saturated carbocycles. The lowest BCUT2D eigenvalue weighted by Gasteiger charge is -2.13. The highest BCUT2D eigenvalue weighted by atomic mass is 32.1. The number of aliphatic carboxylic acids is 1. The van der Waals surface area contributed by atoms with Crippen molar-refractivity contribution in [3.8, 4) is 0 Å². The van der Waals surface area contributed by atoms with Gasteiger partial charge in [-0.1, -0.05) is 72.9 Å². The molecule has 2 aromatic rings. The highest BCUT2D eigenvalue weighted by molar-refractivity contribution is 7.82. The van der Waals surface area contributed by atoms with E-state index in [1.807, 2.05) is 30.3 Å². The van der Waals surface area contributed by atoms with Crippen molar-refractivity contribution in [2.24, 2.45) is 5.92 Å². The van der Waals surface area contributed by atoms with Gasteiger partial charge in [0.25, 0.3) is 0 Å². The Morgan fingerprint density at radius 2 is 1.48 bits per heavy atom. The van der Waals surface area contributed by atoms with Gasteiger partial charge in [-0.3, -0.25) is 9.59 Å². The van der Waals surface area contributed by atoms with E-state index in [0.717, 1.165) is 5.56 Å². The topological polar surface area (TPSA) is 54.4 Å². The van der Waals surface area contributed by atoms with Gasteiger partial charge in [-0.2, -0.15) is 0 Å². The zero-order valence-corrected chi connectivity index (χ0v) is 12.0. The largest absolute Gasteiger partial charge is 0.481 e. The van der Waals surface area contributed by atoms with Crippen LogP contribution in [-0.4, -0.2) is 21.7 Å². The van der Waals surface area contributed by atoms with Crippen molar-refractivity contribution >= 4 is 28.8 Å². The molecule has 0 aromatic heterocycles. The van der Waals surface area contributed by atoms with Crippen LogP contribution in [0.3, 0.4) is 0 Å². The Labute approximate surface area is 128 Å². The zero-order valence-electron chi connectivity index (χ0n) is 11.2. The number of carboxylic acid groups (broad SMARTS) is 1. The SMILES string of the molecule is O=C(C(=S)C(Cc1ccccc1)C(=O)O)c1ccccc1. The van der Waals surface area contributed by atoms with Gasteiger partial charge in [-0.25, -0.2) is 0 Å². The number of rotatable bonds is 6. The Balaban J connectivity index is 2.20. The molecule has 0 amide bonds. The Bertz CT molecular complexity index is 650. The van der Waals surface area contributed by atoms with Crippen LogP contribution in [0, 0.1) is 5.92 Å². The Hall–Kier alpha value is -2.33. The van der Waals surface area contributed by atoms with Gasteiger partial charge < -0.3 is 5.11 Å². The second kappa shape index (κ2) is 6.90. The monoisotopic (exact) mass is 298 g/mol. The minimum absolute atomic E-state index is 0.0578. The van der Waals surface area contributed by atoms with E-state index in [1.54, 1.807) is 30.3 Å². The molecule has 0 saturated heterocycles. The first-order valence-corrected chi connectivity index (χ1v) is 6.90. The van der Waals surface area contributed by atoms with Gasteiger partial charge in [-0.05, 0) is 12.0 Å². The molecule has 0 bridgehead atoms. The third kappa shape index (κ3) is 3.83. The minimum atomic E-state index is -1.08. The van der Waals surface area contributed by atoms with Crippen LogP contribution in [-0.2, 0) is 11.2 Å². The minimum Gasteiger partial charge on any atom is -0.481 e. The smallest absolute Gasteiger partial charge is 0.312 e. The first-order valence-electron chi connectivity index (χ1n) is 6.50. The summed E-state index contributed by atoms with van der Waals surface area (Å²) in [5, 5.41) is 9.36. The van der Waals surface area contributed by atoms with Crippen molar-refractivity contribution in [1.82, 2.24) is 0 Å². The van der Waals surface area contributed by atoms with Crippen LogP contribution in [0.25, 0.3) is 0 Å². The van der Waals surface area contributed by atoms with E-state index in [2.05, 4.69) is 0 Å². The quantitative estimate of drug-likeness (QED) is 0.657. The molecule has 0 aliphatic rings. The molecule has 0 heterocycles. The molecule has 0 aliphatic carbocycles.